The lowest BCUT2D eigenvalue weighted by Crippen LogP contribution is -2.22. The molecule has 1 aromatic carbocycles. The van der Waals surface area contributed by atoms with E-state index < -0.39 is 12.1 Å². The summed E-state index contributed by atoms with van der Waals surface area (Å²) in [4.78, 5) is 31.8. The minimum atomic E-state index is -1.02. The van der Waals surface area contributed by atoms with Gasteiger partial charge in [0.05, 0.1) is 17.2 Å². The molecule has 0 bridgehead atoms. The maximum absolute atomic E-state index is 11.7. The Morgan fingerprint density at radius 2 is 1.75 bits per heavy atom. The Labute approximate surface area is 140 Å². The molecule has 1 saturated carbocycles. The molecule has 0 heterocycles. The van der Waals surface area contributed by atoms with E-state index in [1.807, 2.05) is 6.92 Å². The van der Waals surface area contributed by atoms with Crippen LogP contribution in [0.1, 0.15) is 55.8 Å². The fourth-order valence-electron chi connectivity index (χ4n) is 2.37. The van der Waals surface area contributed by atoms with Crippen LogP contribution in [-0.2, 0) is 19.6 Å². The summed E-state index contributed by atoms with van der Waals surface area (Å²) in [5.41, 5.74) is 0.239. The molecule has 0 aromatic heterocycles. The van der Waals surface area contributed by atoms with Gasteiger partial charge in [-0.2, -0.15) is 0 Å². The molecule has 0 amide bonds. The zero-order valence-electron chi connectivity index (χ0n) is 13.7. The Morgan fingerprint density at radius 3 is 2.42 bits per heavy atom. The highest BCUT2D eigenvalue weighted by molar-refractivity contribution is 5.89. The Kier molecular flexibility index (Phi) is 7.35. The monoisotopic (exact) mass is 338 g/mol. The van der Waals surface area contributed by atoms with Crippen LogP contribution in [0, 0.1) is 0 Å². The smallest absolute Gasteiger partial charge is 0.494 e. The summed E-state index contributed by atoms with van der Waals surface area (Å²) in [5, 5.41) is 4.19. The second kappa shape index (κ2) is 9.77. The van der Waals surface area contributed by atoms with Crippen LogP contribution in [0.5, 0.6) is 5.75 Å². The molecular formula is C17H22O7. The minimum Gasteiger partial charge on any atom is -0.494 e. The van der Waals surface area contributed by atoms with Crippen LogP contribution >= 0.6 is 0 Å². The van der Waals surface area contributed by atoms with Crippen molar-refractivity contribution < 1.29 is 33.9 Å². The Balaban J connectivity index is 1.67. The second-order valence-corrected chi connectivity index (χ2v) is 5.52. The molecule has 1 aromatic rings. The topological polar surface area (TPSA) is 80.3 Å². The summed E-state index contributed by atoms with van der Waals surface area (Å²) >= 11 is 0. The first-order chi connectivity index (χ1) is 11.7. The zero-order valence-corrected chi connectivity index (χ0v) is 13.7. The van der Waals surface area contributed by atoms with E-state index in [0.717, 1.165) is 38.5 Å². The molecule has 1 fully saturated rings. The summed E-state index contributed by atoms with van der Waals surface area (Å²) < 4.78 is 10.4. The molecule has 1 aliphatic carbocycles. The lowest BCUT2D eigenvalue weighted by Gasteiger charge is -2.20. The molecular weight excluding hydrogens is 316 g/mol. The summed E-state index contributed by atoms with van der Waals surface area (Å²) in [6.45, 7) is 2.60. The first-order valence-electron chi connectivity index (χ1n) is 8.18. The lowest BCUT2D eigenvalue weighted by molar-refractivity contribution is -0.453. The SMILES string of the molecule is CCCOc1ccc(C(=O)OOOC(=O)OC2CCCCC2)cc1. The molecule has 132 valence electrons. The minimum absolute atomic E-state index is 0.166. The van der Waals surface area contributed by atoms with Gasteiger partial charge in [0, 0.05) is 0 Å². The van der Waals surface area contributed by atoms with Gasteiger partial charge in [0.2, 0.25) is 0 Å². The molecule has 0 saturated heterocycles. The normalized spacial score (nSPS) is 14.7. The van der Waals surface area contributed by atoms with Gasteiger partial charge >= 0.3 is 12.1 Å². The quantitative estimate of drug-likeness (QED) is 0.423. The summed E-state index contributed by atoms with van der Waals surface area (Å²) in [5.74, 6) is -0.135. The number of hydrogen-bond acceptors (Lipinski definition) is 7. The second-order valence-electron chi connectivity index (χ2n) is 5.52. The Hall–Kier alpha value is -2.28. The molecule has 7 heteroatoms. The molecule has 7 nitrogen and oxygen atoms in total. The summed E-state index contributed by atoms with van der Waals surface area (Å²) in [7, 11) is 0. The van der Waals surface area contributed by atoms with Crippen molar-refractivity contribution >= 4 is 12.1 Å². The van der Waals surface area contributed by atoms with Crippen molar-refractivity contribution in [3.05, 3.63) is 29.8 Å². The van der Waals surface area contributed by atoms with E-state index >= 15 is 0 Å². The fraction of sp³-hybridized carbons (Fsp3) is 0.529. The van der Waals surface area contributed by atoms with E-state index in [2.05, 4.69) is 14.8 Å². The molecule has 0 aliphatic heterocycles. The van der Waals surface area contributed by atoms with Crippen molar-refractivity contribution in [1.82, 2.24) is 0 Å². The predicted molar refractivity (Wildman–Crippen MR) is 83.2 cm³/mol. The van der Waals surface area contributed by atoms with Gasteiger partial charge in [-0.15, -0.1) is 0 Å². The van der Waals surface area contributed by atoms with Crippen molar-refractivity contribution in [2.75, 3.05) is 6.61 Å². The molecule has 0 spiro atoms. The highest BCUT2D eigenvalue weighted by Gasteiger charge is 2.20. The third kappa shape index (κ3) is 6.08. The van der Waals surface area contributed by atoms with E-state index in [0.29, 0.717) is 12.4 Å². The van der Waals surface area contributed by atoms with Gasteiger partial charge in [0.15, 0.2) is 0 Å². The first kappa shape index (κ1) is 18.1. The van der Waals surface area contributed by atoms with Crippen LogP contribution in [-0.4, -0.2) is 24.8 Å². The highest BCUT2D eigenvalue weighted by Crippen LogP contribution is 2.20. The molecule has 24 heavy (non-hydrogen) atoms. The van der Waals surface area contributed by atoms with E-state index in [1.165, 1.54) is 12.1 Å². The van der Waals surface area contributed by atoms with Gasteiger partial charge in [0.1, 0.15) is 11.9 Å². The number of hydrogen-bond donors (Lipinski definition) is 0. The van der Waals surface area contributed by atoms with E-state index in [9.17, 15) is 9.59 Å². The number of ether oxygens (including phenoxy) is 2. The van der Waals surface area contributed by atoms with Gasteiger partial charge < -0.3 is 9.47 Å². The zero-order chi connectivity index (χ0) is 17.2. The van der Waals surface area contributed by atoms with Crippen LogP contribution in [0.4, 0.5) is 4.79 Å². The molecule has 2 rings (SSSR count). The first-order valence-corrected chi connectivity index (χ1v) is 8.18. The van der Waals surface area contributed by atoms with Crippen LogP contribution in [0.25, 0.3) is 0 Å². The Morgan fingerprint density at radius 1 is 1.04 bits per heavy atom. The van der Waals surface area contributed by atoms with E-state index in [-0.39, 0.29) is 11.7 Å². The van der Waals surface area contributed by atoms with Gasteiger partial charge in [-0.05, 0) is 56.4 Å². The molecule has 0 N–H and O–H groups in total. The molecule has 0 atom stereocenters. The summed E-state index contributed by atoms with van der Waals surface area (Å²) in [6.07, 6.45) is 4.51. The van der Waals surface area contributed by atoms with Crippen molar-refractivity contribution in [2.45, 2.75) is 51.6 Å². The van der Waals surface area contributed by atoms with Gasteiger partial charge in [-0.3, -0.25) is 4.89 Å². The largest absolute Gasteiger partial charge is 0.543 e. The molecule has 1 aliphatic rings. The fourth-order valence-corrected chi connectivity index (χ4v) is 2.37. The third-order valence-corrected chi connectivity index (χ3v) is 3.59. The number of benzene rings is 1. The van der Waals surface area contributed by atoms with Crippen LogP contribution in [0.2, 0.25) is 0 Å². The highest BCUT2D eigenvalue weighted by atomic mass is 17.5. The lowest BCUT2D eigenvalue weighted by atomic mass is 9.98. The van der Waals surface area contributed by atoms with Crippen LogP contribution < -0.4 is 4.74 Å². The van der Waals surface area contributed by atoms with Gasteiger partial charge in [-0.1, -0.05) is 13.3 Å². The van der Waals surface area contributed by atoms with E-state index in [4.69, 9.17) is 9.47 Å². The van der Waals surface area contributed by atoms with Crippen LogP contribution in [0.3, 0.4) is 0 Å². The van der Waals surface area contributed by atoms with Crippen molar-refractivity contribution in [3.63, 3.8) is 0 Å². The third-order valence-electron chi connectivity index (χ3n) is 3.59. The number of carbonyl (C=O) groups is 2. The van der Waals surface area contributed by atoms with Crippen molar-refractivity contribution in [1.29, 1.82) is 0 Å². The van der Waals surface area contributed by atoms with Crippen molar-refractivity contribution in [3.8, 4) is 5.75 Å². The van der Waals surface area contributed by atoms with Gasteiger partial charge in [-0.25, -0.2) is 14.5 Å². The number of rotatable bonds is 7. The predicted octanol–water partition coefficient (Wildman–Crippen LogP) is 3.96. The summed E-state index contributed by atoms with van der Waals surface area (Å²) in [6, 6.07) is 6.34. The standard InChI is InChI=1S/C17H22O7/c1-2-12-20-14-10-8-13(9-11-14)16(18)22-24-23-17(19)21-15-6-4-3-5-7-15/h8-11,15H,2-7,12H2,1H3. The average molecular weight is 338 g/mol. The van der Waals surface area contributed by atoms with E-state index in [1.54, 1.807) is 12.1 Å². The Bertz CT molecular complexity index is 520. The van der Waals surface area contributed by atoms with Crippen LogP contribution in [0.15, 0.2) is 24.3 Å². The molecule has 0 unspecified atom stereocenters. The maximum Gasteiger partial charge on any atom is 0.543 e. The number of carbonyl (C=O) groups excluding carboxylic acids is 2. The molecule has 0 radical (unpaired) electrons. The van der Waals surface area contributed by atoms with Crippen molar-refractivity contribution in [2.24, 2.45) is 0 Å². The average Bonchev–Trinajstić information content (AvgIpc) is 2.61. The maximum atomic E-state index is 11.7. The van der Waals surface area contributed by atoms with Gasteiger partial charge in [0.25, 0.3) is 0 Å².